The van der Waals surface area contributed by atoms with Gasteiger partial charge in [-0.25, -0.2) is 4.79 Å². The molecule has 100 valence electrons. The molecule has 0 spiro atoms. The average molecular weight is 261 g/mol. The van der Waals surface area contributed by atoms with E-state index < -0.39 is 11.9 Å². The molecule has 0 saturated carbocycles. The Morgan fingerprint density at radius 3 is 2.63 bits per heavy atom. The molecule has 5 heteroatoms. The van der Waals surface area contributed by atoms with Crippen LogP contribution in [0.4, 0.5) is 0 Å². The fourth-order valence-corrected chi connectivity index (χ4v) is 1.45. The van der Waals surface area contributed by atoms with Crippen molar-refractivity contribution in [2.75, 3.05) is 6.61 Å². The molecular formula is C14H15NO4. The number of esters is 1. The van der Waals surface area contributed by atoms with Gasteiger partial charge in [-0.2, -0.15) is 0 Å². The van der Waals surface area contributed by atoms with E-state index in [-0.39, 0.29) is 12.2 Å². The number of carbonyl (C=O) groups is 3. The van der Waals surface area contributed by atoms with E-state index in [0.717, 1.165) is 0 Å². The van der Waals surface area contributed by atoms with Crippen molar-refractivity contribution in [3.05, 3.63) is 47.2 Å². The Hall–Kier alpha value is -2.43. The first kappa shape index (κ1) is 14.6. The smallest absolute Gasteiger partial charge is 0.332 e. The van der Waals surface area contributed by atoms with Crippen molar-refractivity contribution in [1.29, 1.82) is 0 Å². The first-order valence-corrected chi connectivity index (χ1v) is 5.79. The van der Waals surface area contributed by atoms with Crippen LogP contribution in [0.25, 0.3) is 0 Å². The second-order valence-corrected chi connectivity index (χ2v) is 3.74. The molecule has 0 aromatic heterocycles. The third-order valence-electron chi connectivity index (χ3n) is 2.26. The Bertz CT molecular complexity index is 520. The molecule has 0 atom stereocenters. The zero-order chi connectivity index (χ0) is 14.3. The Morgan fingerprint density at radius 1 is 1.32 bits per heavy atom. The van der Waals surface area contributed by atoms with Gasteiger partial charge < -0.3 is 10.1 Å². The van der Waals surface area contributed by atoms with Crippen molar-refractivity contribution in [1.82, 2.24) is 5.32 Å². The monoisotopic (exact) mass is 261 g/mol. The number of nitrogens with one attached hydrogen (secondary N) is 1. The Balaban J connectivity index is 2.79. The van der Waals surface area contributed by atoms with Gasteiger partial charge in [-0.05, 0) is 19.9 Å². The summed E-state index contributed by atoms with van der Waals surface area (Å²) in [7, 11) is 0. The van der Waals surface area contributed by atoms with Crippen LogP contribution in [0.1, 0.15) is 34.6 Å². The minimum absolute atomic E-state index is 0.258. The van der Waals surface area contributed by atoms with Crippen molar-refractivity contribution in [2.45, 2.75) is 13.8 Å². The molecule has 0 aliphatic rings. The summed E-state index contributed by atoms with van der Waals surface area (Å²) in [5.74, 6) is -0.968. The van der Waals surface area contributed by atoms with Crippen molar-refractivity contribution < 1.29 is 19.1 Å². The van der Waals surface area contributed by atoms with Crippen LogP contribution >= 0.6 is 0 Å². The zero-order valence-corrected chi connectivity index (χ0v) is 10.8. The van der Waals surface area contributed by atoms with Crippen molar-refractivity contribution in [3.8, 4) is 0 Å². The van der Waals surface area contributed by atoms with Crippen LogP contribution in [0.3, 0.4) is 0 Å². The molecule has 1 aromatic rings. The van der Waals surface area contributed by atoms with Crippen molar-refractivity contribution >= 4 is 18.2 Å². The molecule has 0 aliphatic carbocycles. The second kappa shape index (κ2) is 7.10. The maximum Gasteiger partial charge on any atom is 0.332 e. The molecule has 5 nitrogen and oxygen atoms in total. The summed E-state index contributed by atoms with van der Waals surface area (Å²) in [6, 6.07) is 6.41. The molecule has 0 radical (unpaired) electrons. The lowest BCUT2D eigenvalue weighted by atomic mass is 10.1. The largest absolute Gasteiger partial charge is 0.463 e. The number of hydrogen-bond donors (Lipinski definition) is 1. The number of carbonyl (C=O) groups excluding carboxylic acids is 3. The van der Waals surface area contributed by atoms with Crippen molar-refractivity contribution in [3.63, 3.8) is 0 Å². The van der Waals surface area contributed by atoms with Crippen LogP contribution in [-0.4, -0.2) is 24.8 Å². The van der Waals surface area contributed by atoms with Gasteiger partial charge >= 0.3 is 5.97 Å². The lowest BCUT2D eigenvalue weighted by molar-refractivity contribution is -0.137. The minimum atomic E-state index is -0.524. The summed E-state index contributed by atoms with van der Waals surface area (Å²) in [4.78, 5) is 33.9. The second-order valence-electron chi connectivity index (χ2n) is 3.74. The van der Waals surface area contributed by atoms with E-state index in [1.807, 2.05) is 0 Å². The minimum Gasteiger partial charge on any atom is -0.463 e. The number of hydrogen-bond acceptors (Lipinski definition) is 4. The van der Waals surface area contributed by atoms with E-state index in [9.17, 15) is 14.4 Å². The summed E-state index contributed by atoms with van der Waals surface area (Å²) in [6.07, 6.45) is 1.80. The number of amides is 1. The van der Waals surface area contributed by atoms with Crippen LogP contribution in [0.5, 0.6) is 0 Å². The number of rotatable bonds is 5. The first-order chi connectivity index (χ1) is 9.08. The third-order valence-corrected chi connectivity index (χ3v) is 2.26. The molecule has 0 bridgehead atoms. The van der Waals surface area contributed by atoms with Gasteiger partial charge in [0, 0.05) is 17.3 Å². The summed E-state index contributed by atoms with van der Waals surface area (Å²) >= 11 is 0. The molecule has 0 unspecified atom stereocenters. The van der Waals surface area contributed by atoms with Crippen LogP contribution in [0.2, 0.25) is 0 Å². The molecule has 0 heterocycles. The fraction of sp³-hybridized carbons (Fsp3) is 0.214. The maximum absolute atomic E-state index is 11.9. The van der Waals surface area contributed by atoms with E-state index in [1.165, 1.54) is 12.1 Å². The molecule has 0 saturated heterocycles. The highest BCUT2D eigenvalue weighted by atomic mass is 16.5. The Kier molecular flexibility index (Phi) is 5.47. The topological polar surface area (TPSA) is 72.5 Å². The van der Waals surface area contributed by atoms with E-state index in [1.54, 1.807) is 32.0 Å². The van der Waals surface area contributed by atoms with E-state index >= 15 is 0 Å². The number of benzene rings is 1. The average Bonchev–Trinajstić information content (AvgIpc) is 2.38. The highest BCUT2D eigenvalue weighted by Gasteiger charge is 2.10. The predicted molar refractivity (Wildman–Crippen MR) is 69.7 cm³/mol. The third kappa shape index (κ3) is 4.39. The Morgan fingerprint density at radius 2 is 2.00 bits per heavy atom. The lowest BCUT2D eigenvalue weighted by Gasteiger charge is -2.07. The van der Waals surface area contributed by atoms with E-state index in [2.05, 4.69) is 5.32 Å². The van der Waals surface area contributed by atoms with E-state index in [0.29, 0.717) is 17.5 Å². The Labute approximate surface area is 111 Å². The molecule has 0 aliphatic heterocycles. The molecule has 1 aromatic carbocycles. The van der Waals surface area contributed by atoms with Gasteiger partial charge in [0.15, 0.2) is 6.29 Å². The first-order valence-electron chi connectivity index (χ1n) is 5.79. The maximum atomic E-state index is 11.9. The van der Waals surface area contributed by atoms with Gasteiger partial charge in [0.1, 0.15) is 0 Å². The van der Waals surface area contributed by atoms with Crippen LogP contribution in [0, 0.1) is 0 Å². The lowest BCUT2D eigenvalue weighted by Crippen LogP contribution is -2.23. The van der Waals surface area contributed by atoms with Gasteiger partial charge in [-0.1, -0.05) is 18.2 Å². The molecule has 0 fully saturated rings. The van der Waals surface area contributed by atoms with Gasteiger partial charge in [-0.15, -0.1) is 0 Å². The summed E-state index contributed by atoms with van der Waals surface area (Å²) in [5.41, 5.74) is 0.905. The summed E-state index contributed by atoms with van der Waals surface area (Å²) in [5, 5.41) is 2.52. The van der Waals surface area contributed by atoms with Crippen LogP contribution in [0.15, 0.2) is 36.0 Å². The highest BCUT2D eigenvalue weighted by Crippen LogP contribution is 2.06. The molecule has 19 heavy (non-hydrogen) atoms. The molecular weight excluding hydrogens is 246 g/mol. The SMILES string of the molecule is CCOC(=O)/C=C(\C)NC(=O)c1ccccc1C=O. The standard InChI is InChI=1S/C14H15NO4/c1-3-19-13(17)8-10(2)15-14(18)12-7-5-4-6-11(12)9-16/h4-9H,3H2,1-2H3,(H,15,18)/b10-8+. The normalized spacial score (nSPS) is 10.7. The molecule has 1 N–H and O–H groups in total. The molecule has 1 amide bonds. The van der Waals surface area contributed by atoms with Crippen LogP contribution in [-0.2, 0) is 9.53 Å². The fourth-order valence-electron chi connectivity index (χ4n) is 1.45. The van der Waals surface area contributed by atoms with Gasteiger partial charge in [-0.3, -0.25) is 9.59 Å². The van der Waals surface area contributed by atoms with Crippen LogP contribution < -0.4 is 5.32 Å². The predicted octanol–water partition coefficient (Wildman–Crippen LogP) is 1.70. The zero-order valence-electron chi connectivity index (χ0n) is 10.8. The van der Waals surface area contributed by atoms with Crippen molar-refractivity contribution in [2.24, 2.45) is 0 Å². The number of ether oxygens (including phenoxy) is 1. The van der Waals surface area contributed by atoms with E-state index in [4.69, 9.17) is 4.74 Å². The summed E-state index contributed by atoms with van der Waals surface area (Å²) in [6.45, 7) is 3.53. The van der Waals surface area contributed by atoms with Gasteiger partial charge in [0.2, 0.25) is 0 Å². The number of aldehydes is 1. The highest BCUT2D eigenvalue weighted by molar-refractivity contribution is 6.02. The summed E-state index contributed by atoms with van der Waals surface area (Å²) < 4.78 is 4.72. The molecule has 1 rings (SSSR count). The van der Waals surface area contributed by atoms with Gasteiger partial charge in [0.25, 0.3) is 5.91 Å². The van der Waals surface area contributed by atoms with Gasteiger partial charge in [0.05, 0.1) is 12.2 Å². The quantitative estimate of drug-likeness (QED) is 0.497. The number of allylic oxidation sites excluding steroid dienone is 1.